The van der Waals surface area contributed by atoms with Crippen LogP contribution in [-0.2, 0) is 13.1 Å². The van der Waals surface area contributed by atoms with E-state index in [1.54, 1.807) is 0 Å². The van der Waals surface area contributed by atoms with E-state index in [0.717, 1.165) is 30.9 Å². The van der Waals surface area contributed by atoms with Crippen LogP contribution in [0.25, 0.3) is 0 Å². The van der Waals surface area contributed by atoms with E-state index in [-0.39, 0.29) is 6.04 Å². The van der Waals surface area contributed by atoms with Crippen molar-refractivity contribution in [3.63, 3.8) is 0 Å². The van der Waals surface area contributed by atoms with Crippen molar-refractivity contribution in [3.8, 4) is 0 Å². The molecule has 0 saturated heterocycles. The van der Waals surface area contributed by atoms with Crippen LogP contribution in [0.1, 0.15) is 43.4 Å². The van der Waals surface area contributed by atoms with Gasteiger partial charge in [0.2, 0.25) is 0 Å². The zero-order chi connectivity index (χ0) is 14.7. The van der Waals surface area contributed by atoms with E-state index in [4.69, 9.17) is 5.73 Å². The van der Waals surface area contributed by atoms with E-state index < -0.39 is 0 Å². The van der Waals surface area contributed by atoms with E-state index in [2.05, 4.69) is 46.2 Å². The van der Waals surface area contributed by atoms with Crippen LogP contribution < -0.4 is 5.73 Å². The van der Waals surface area contributed by atoms with Gasteiger partial charge >= 0.3 is 0 Å². The van der Waals surface area contributed by atoms with E-state index in [1.807, 2.05) is 19.4 Å². The molecule has 0 radical (unpaired) electrons. The summed E-state index contributed by atoms with van der Waals surface area (Å²) in [4.78, 5) is 4.23. The van der Waals surface area contributed by atoms with Crippen LogP contribution >= 0.6 is 0 Å². The fourth-order valence-corrected chi connectivity index (χ4v) is 2.43. The summed E-state index contributed by atoms with van der Waals surface area (Å²) in [5.74, 6) is 0.418. The molecule has 5 heteroatoms. The zero-order valence-electron chi connectivity index (χ0n) is 12.9. The molecule has 110 valence electrons. The number of hydrogen-bond donors (Lipinski definition) is 1. The maximum Gasteiger partial charge on any atom is 0.0948 e. The van der Waals surface area contributed by atoms with Gasteiger partial charge in [0.15, 0.2) is 0 Å². The monoisotopic (exact) mass is 275 g/mol. The molecule has 0 fully saturated rings. The molecule has 0 spiro atoms. The number of nitrogens with two attached hydrogens (primary N) is 1. The third kappa shape index (κ3) is 3.28. The lowest BCUT2D eigenvalue weighted by molar-refractivity contribution is 0.458. The number of rotatable bonds is 6. The predicted molar refractivity (Wildman–Crippen MR) is 80.3 cm³/mol. The van der Waals surface area contributed by atoms with Crippen LogP contribution in [0.2, 0.25) is 0 Å². The van der Waals surface area contributed by atoms with Gasteiger partial charge in [-0.05, 0) is 32.3 Å². The Morgan fingerprint density at radius 1 is 1.25 bits per heavy atom. The Hall–Kier alpha value is -1.62. The SMILES string of the molecule is Cc1cc(C)n(CCCn2cncc2C(N)C(C)C)n1. The van der Waals surface area contributed by atoms with Gasteiger partial charge in [-0.2, -0.15) is 5.10 Å². The van der Waals surface area contributed by atoms with Crippen molar-refractivity contribution >= 4 is 0 Å². The molecular weight excluding hydrogens is 250 g/mol. The summed E-state index contributed by atoms with van der Waals surface area (Å²) in [6.45, 7) is 10.2. The molecule has 2 rings (SSSR count). The molecule has 0 saturated carbocycles. The average Bonchev–Trinajstić information content (AvgIpc) is 2.95. The van der Waals surface area contributed by atoms with Crippen LogP contribution in [0.4, 0.5) is 0 Å². The van der Waals surface area contributed by atoms with Crippen molar-refractivity contribution in [2.75, 3.05) is 0 Å². The molecule has 1 unspecified atom stereocenters. The second-order valence-electron chi connectivity index (χ2n) is 5.79. The summed E-state index contributed by atoms with van der Waals surface area (Å²) in [6, 6.07) is 2.16. The topological polar surface area (TPSA) is 61.7 Å². The van der Waals surface area contributed by atoms with Gasteiger partial charge in [-0.15, -0.1) is 0 Å². The highest BCUT2D eigenvalue weighted by atomic mass is 15.3. The Kier molecular flexibility index (Phi) is 4.60. The Labute approximate surface area is 120 Å². The maximum atomic E-state index is 6.21. The van der Waals surface area contributed by atoms with Crippen LogP contribution in [0.15, 0.2) is 18.6 Å². The lowest BCUT2D eigenvalue weighted by Crippen LogP contribution is -2.20. The van der Waals surface area contributed by atoms with E-state index in [9.17, 15) is 0 Å². The fraction of sp³-hybridized carbons (Fsp3) is 0.600. The Balaban J connectivity index is 1.95. The number of aromatic nitrogens is 4. The summed E-state index contributed by atoms with van der Waals surface area (Å²) in [7, 11) is 0. The summed E-state index contributed by atoms with van der Waals surface area (Å²) in [5.41, 5.74) is 9.63. The third-order valence-electron chi connectivity index (χ3n) is 3.68. The fourth-order valence-electron chi connectivity index (χ4n) is 2.43. The van der Waals surface area contributed by atoms with Crippen LogP contribution in [0.5, 0.6) is 0 Å². The van der Waals surface area contributed by atoms with Crippen molar-refractivity contribution in [2.24, 2.45) is 11.7 Å². The molecule has 0 aromatic carbocycles. The predicted octanol–water partition coefficient (Wildman–Crippen LogP) is 2.44. The van der Waals surface area contributed by atoms with Crippen molar-refractivity contribution in [1.82, 2.24) is 19.3 Å². The van der Waals surface area contributed by atoms with Gasteiger partial charge in [0.1, 0.15) is 0 Å². The number of hydrogen-bond acceptors (Lipinski definition) is 3. The molecule has 0 amide bonds. The summed E-state index contributed by atoms with van der Waals surface area (Å²) in [6.07, 6.45) is 4.78. The minimum atomic E-state index is 0.0474. The van der Waals surface area contributed by atoms with Crippen molar-refractivity contribution in [3.05, 3.63) is 35.7 Å². The Bertz CT molecular complexity index is 552. The standard InChI is InChI=1S/C15H25N5/c1-11(2)15(16)14-9-17-10-19(14)6-5-7-20-13(4)8-12(3)18-20/h8-11,15H,5-7,16H2,1-4H3. The Morgan fingerprint density at radius 2 is 2.00 bits per heavy atom. The molecule has 0 aliphatic carbocycles. The van der Waals surface area contributed by atoms with Gasteiger partial charge in [-0.1, -0.05) is 13.8 Å². The van der Waals surface area contributed by atoms with Crippen molar-refractivity contribution in [2.45, 2.75) is 53.2 Å². The molecule has 2 N–H and O–H groups in total. The van der Waals surface area contributed by atoms with Crippen LogP contribution in [0.3, 0.4) is 0 Å². The first kappa shape index (κ1) is 14.8. The van der Waals surface area contributed by atoms with Gasteiger partial charge in [0.25, 0.3) is 0 Å². The highest BCUT2D eigenvalue weighted by Gasteiger charge is 2.14. The average molecular weight is 275 g/mol. The summed E-state index contributed by atoms with van der Waals surface area (Å²) >= 11 is 0. The molecule has 0 bridgehead atoms. The van der Waals surface area contributed by atoms with Gasteiger partial charge < -0.3 is 10.3 Å². The van der Waals surface area contributed by atoms with Gasteiger partial charge in [-0.3, -0.25) is 4.68 Å². The molecule has 2 aromatic heterocycles. The van der Waals surface area contributed by atoms with Crippen LogP contribution in [-0.4, -0.2) is 19.3 Å². The normalized spacial score (nSPS) is 13.1. The Morgan fingerprint density at radius 3 is 2.60 bits per heavy atom. The van der Waals surface area contributed by atoms with Gasteiger partial charge in [0.05, 0.1) is 17.7 Å². The molecule has 5 nitrogen and oxygen atoms in total. The highest BCUT2D eigenvalue weighted by Crippen LogP contribution is 2.18. The smallest absolute Gasteiger partial charge is 0.0948 e. The summed E-state index contributed by atoms with van der Waals surface area (Å²) < 4.78 is 4.23. The molecule has 2 heterocycles. The lowest BCUT2D eigenvalue weighted by Gasteiger charge is -2.18. The first-order valence-corrected chi connectivity index (χ1v) is 7.25. The maximum absolute atomic E-state index is 6.21. The van der Waals surface area contributed by atoms with E-state index in [0.29, 0.717) is 5.92 Å². The first-order valence-electron chi connectivity index (χ1n) is 7.25. The number of imidazole rings is 1. The molecular formula is C15H25N5. The van der Waals surface area contributed by atoms with Gasteiger partial charge in [0, 0.05) is 31.0 Å². The zero-order valence-corrected chi connectivity index (χ0v) is 12.9. The highest BCUT2D eigenvalue weighted by molar-refractivity contribution is 5.07. The molecule has 20 heavy (non-hydrogen) atoms. The summed E-state index contributed by atoms with van der Waals surface area (Å²) in [5, 5.41) is 4.48. The molecule has 0 aliphatic heterocycles. The number of nitrogens with zero attached hydrogens (tertiary/aromatic N) is 4. The first-order chi connectivity index (χ1) is 9.49. The second kappa shape index (κ2) is 6.22. The third-order valence-corrected chi connectivity index (χ3v) is 3.68. The number of aryl methyl sites for hydroxylation is 4. The second-order valence-corrected chi connectivity index (χ2v) is 5.79. The largest absolute Gasteiger partial charge is 0.333 e. The van der Waals surface area contributed by atoms with E-state index >= 15 is 0 Å². The molecule has 0 aliphatic rings. The van der Waals surface area contributed by atoms with Gasteiger partial charge in [-0.25, -0.2) is 4.98 Å². The van der Waals surface area contributed by atoms with E-state index in [1.165, 1.54) is 5.69 Å². The minimum absolute atomic E-state index is 0.0474. The lowest BCUT2D eigenvalue weighted by atomic mass is 10.0. The quantitative estimate of drug-likeness (QED) is 0.880. The van der Waals surface area contributed by atoms with Crippen molar-refractivity contribution < 1.29 is 0 Å². The molecule has 2 aromatic rings. The van der Waals surface area contributed by atoms with Crippen LogP contribution in [0, 0.1) is 19.8 Å². The van der Waals surface area contributed by atoms with Crippen molar-refractivity contribution in [1.29, 1.82) is 0 Å². The molecule has 1 atom stereocenters. The minimum Gasteiger partial charge on any atom is -0.333 e.